The Balaban J connectivity index is 2.06. The molecule has 2 rings (SSSR count). The predicted octanol–water partition coefficient (Wildman–Crippen LogP) is 3.36. The summed E-state index contributed by atoms with van der Waals surface area (Å²) >= 11 is 3.48. The Kier molecular flexibility index (Phi) is 3.84. The summed E-state index contributed by atoms with van der Waals surface area (Å²) < 4.78 is 2.96. The normalized spacial score (nSPS) is 10.5. The maximum atomic E-state index is 4.40. The van der Waals surface area contributed by atoms with E-state index < -0.39 is 0 Å². The molecule has 0 bridgehead atoms. The highest BCUT2D eigenvalue weighted by atomic mass is 79.9. The summed E-state index contributed by atoms with van der Waals surface area (Å²) in [6.07, 6.45) is 2.97. The van der Waals surface area contributed by atoms with E-state index in [0.717, 1.165) is 28.8 Å². The molecule has 0 aliphatic rings. The van der Waals surface area contributed by atoms with Crippen LogP contribution in [-0.4, -0.2) is 9.78 Å². The van der Waals surface area contributed by atoms with Gasteiger partial charge in [0.25, 0.3) is 0 Å². The highest BCUT2D eigenvalue weighted by Gasteiger charge is 2.04. The standard InChI is InChI=1S/C13H16BrN3/c1-3-12-13(9-17(2)16-12)15-8-10-5-4-6-11(14)7-10/h4-7,9,15H,3,8H2,1-2H3. The lowest BCUT2D eigenvalue weighted by Crippen LogP contribution is -2.00. The first kappa shape index (κ1) is 12.2. The number of nitrogens with zero attached hydrogens (tertiary/aromatic N) is 2. The number of nitrogens with one attached hydrogen (secondary N) is 1. The van der Waals surface area contributed by atoms with Gasteiger partial charge in [0.05, 0.1) is 11.4 Å². The first-order chi connectivity index (χ1) is 8.19. The fraction of sp³-hybridized carbons (Fsp3) is 0.308. The molecule has 1 aromatic carbocycles. The first-order valence-electron chi connectivity index (χ1n) is 5.70. The van der Waals surface area contributed by atoms with Crippen molar-refractivity contribution >= 4 is 21.6 Å². The van der Waals surface area contributed by atoms with Gasteiger partial charge in [-0.1, -0.05) is 35.0 Å². The molecule has 17 heavy (non-hydrogen) atoms. The minimum absolute atomic E-state index is 0.818. The van der Waals surface area contributed by atoms with Gasteiger partial charge in [-0.15, -0.1) is 0 Å². The third-order valence-electron chi connectivity index (χ3n) is 2.61. The molecule has 1 N–H and O–H groups in total. The van der Waals surface area contributed by atoms with Crippen LogP contribution in [0.5, 0.6) is 0 Å². The van der Waals surface area contributed by atoms with Gasteiger partial charge < -0.3 is 5.32 Å². The minimum Gasteiger partial charge on any atom is -0.378 e. The lowest BCUT2D eigenvalue weighted by Gasteiger charge is -2.05. The second-order valence-electron chi connectivity index (χ2n) is 4.00. The second kappa shape index (κ2) is 5.36. The zero-order valence-electron chi connectivity index (χ0n) is 10.1. The Morgan fingerprint density at radius 1 is 1.41 bits per heavy atom. The number of hydrogen-bond acceptors (Lipinski definition) is 2. The molecule has 90 valence electrons. The van der Waals surface area contributed by atoms with Gasteiger partial charge in [0, 0.05) is 24.3 Å². The Morgan fingerprint density at radius 3 is 2.94 bits per heavy atom. The molecule has 0 fully saturated rings. The number of halogens is 1. The van der Waals surface area contributed by atoms with E-state index in [1.807, 2.05) is 30.1 Å². The minimum atomic E-state index is 0.818. The van der Waals surface area contributed by atoms with Gasteiger partial charge in [-0.2, -0.15) is 5.10 Å². The summed E-state index contributed by atoms with van der Waals surface area (Å²) in [5.74, 6) is 0. The molecule has 3 nitrogen and oxygen atoms in total. The zero-order chi connectivity index (χ0) is 12.3. The predicted molar refractivity (Wildman–Crippen MR) is 74.1 cm³/mol. The molecular weight excluding hydrogens is 278 g/mol. The second-order valence-corrected chi connectivity index (χ2v) is 4.92. The number of hydrogen-bond donors (Lipinski definition) is 1. The third-order valence-corrected chi connectivity index (χ3v) is 3.11. The van der Waals surface area contributed by atoms with Crippen LogP contribution in [0.3, 0.4) is 0 Å². The van der Waals surface area contributed by atoms with Crippen molar-refractivity contribution in [1.82, 2.24) is 9.78 Å². The van der Waals surface area contributed by atoms with Crippen molar-refractivity contribution in [2.45, 2.75) is 19.9 Å². The number of anilines is 1. The number of aromatic nitrogens is 2. The van der Waals surface area contributed by atoms with Gasteiger partial charge in [0.1, 0.15) is 0 Å². The maximum Gasteiger partial charge on any atom is 0.0853 e. The Bertz CT molecular complexity index is 505. The van der Waals surface area contributed by atoms with Crippen LogP contribution in [0.4, 0.5) is 5.69 Å². The number of benzene rings is 1. The highest BCUT2D eigenvalue weighted by molar-refractivity contribution is 9.10. The Labute approximate surface area is 110 Å². The topological polar surface area (TPSA) is 29.9 Å². The van der Waals surface area contributed by atoms with E-state index in [2.05, 4.69) is 45.4 Å². The average Bonchev–Trinajstić information content (AvgIpc) is 2.67. The summed E-state index contributed by atoms with van der Waals surface area (Å²) in [6, 6.07) is 8.31. The van der Waals surface area contributed by atoms with Crippen molar-refractivity contribution in [3.63, 3.8) is 0 Å². The SMILES string of the molecule is CCc1nn(C)cc1NCc1cccc(Br)c1. The van der Waals surface area contributed by atoms with Crippen molar-refractivity contribution in [3.05, 3.63) is 46.2 Å². The quantitative estimate of drug-likeness (QED) is 0.937. The van der Waals surface area contributed by atoms with Gasteiger partial charge >= 0.3 is 0 Å². The number of rotatable bonds is 4. The van der Waals surface area contributed by atoms with Gasteiger partial charge in [-0.3, -0.25) is 4.68 Å². The van der Waals surface area contributed by atoms with Crippen molar-refractivity contribution in [2.75, 3.05) is 5.32 Å². The van der Waals surface area contributed by atoms with Crippen LogP contribution in [0.1, 0.15) is 18.2 Å². The van der Waals surface area contributed by atoms with Crippen molar-refractivity contribution in [1.29, 1.82) is 0 Å². The first-order valence-corrected chi connectivity index (χ1v) is 6.49. The summed E-state index contributed by atoms with van der Waals surface area (Å²) in [5, 5.41) is 7.83. The molecule has 0 aliphatic heterocycles. The molecule has 0 unspecified atom stereocenters. The molecule has 0 spiro atoms. The van der Waals surface area contributed by atoms with Crippen LogP contribution in [0.15, 0.2) is 34.9 Å². The van der Waals surface area contributed by atoms with Crippen LogP contribution in [0, 0.1) is 0 Å². The summed E-state index contributed by atoms with van der Waals surface area (Å²) in [6.45, 7) is 2.94. The van der Waals surface area contributed by atoms with Crippen LogP contribution in [0.2, 0.25) is 0 Å². The van der Waals surface area contributed by atoms with Crippen molar-refractivity contribution < 1.29 is 0 Å². The molecule has 0 aliphatic carbocycles. The highest BCUT2D eigenvalue weighted by Crippen LogP contribution is 2.16. The van der Waals surface area contributed by atoms with Gasteiger partial charge in [0.15, 0.2) is 0 Å². The Hall–Kier alpha value is -1.29. The van der Waals surface area contributed by atoms with Crippen LogP contribution >= 0.6 is 15.9 Å². The molecule has 0 saturated carbocycles. The van der Waals surface area contributed by atoms with Crippen molar-refractivity contribution in [2.24, 2.45) is 7.05 Å². The van der Waals surface area contributed by atoms with Gasteiger partial charge in [-0.25, -0.2) is 0 Å². The molecule has 0 amide bonds. The van der Waals surface area contributed by atoms with E-state index in [1.54, 1.807) is 0 Å². The van der Waals surface area contributed by atoms with E-state index in [0.29, 0.717) is 0 Å². The molecule has 4 heteroatoms. The molecule has 2 aromatic rings. The van der Waals surface area contributed by atoms with E-state index in [-0.39, 0.29) is 0 Å². The third kappa shape index (κ3) is 3.09. The monoisotopic (exact) mass is 293 g/mol. The lowest BCUT2D eigenvalue weighted by molar-refractivity contribution is 0.746. The van der Waals surface area contributed by atoms with Gasteiger partial charge in [-0.05, 0) is 24.1 Å². The van der Waals surface area contributed by atoms with E-state index in [4.69, 9.17) is 0 Å². The molecule has 1 heterocycles. The largest absolute Gasteiger partial charge is 0.378 e. The molecular formula is C13H16BrN3. The smallest absolute Gasteiger partial charge is 0.0853 e. The maximum absolute atomic E-state index is 4.40. The lowest BCUT2D eigenvalue weighted by atomic mass is 10.2. The van der Waals surface area contributed by atoms with Crippen LogP contribution < -0.4 is 5.32 Å². The average molecular weight is 294 g/mol. The van der Waals surface area contributed by atoms with E-state index >= 15 is 0 Å². The zero-order valence-corrected chi connectivity index (χ0v) is 11.7. The van der Waals surface area contributed by atoms with Gasteiger partial charge in [0.2, 0.25) is 0 Å². The fourth-order valence-electron chi connectivity index (χ4n) is 1.79. The summed E-state index contributed by atoms with van der Waals surface area (Å²) in [5.41, 5.74) is 3.49. The number of aryl methyl sites for hydroxylation is 2. The van der Waals surface area contributed by atoms with Crippen LogP contribution in [0.25, 0.3) is 0 Å². The molecule has 0 atom stereocenters. The summed E-state index contributed by atoms with van der Waals surface area (Å²) in [4.78, 5) is 0. The molecule has 0 radical (unpaired) electrons. The molecule has 0 saturated heterocycles. The van der Waals surface area contributed by atoms with E-state index in [9.17, 15) is 0 Å². The molecule has 1 aromatic heterocycles. The van der Waals surface area contributed by atoms with Crippen LogP contribution in [-0.2, 0) is 20.0 Å². The Morgan fingerprint density at radius 2 is 2.24 bits per heavy atom. The summed E-state index contributed by atoms with van der Waals surface area (Å²) in [7, 11) is 1.95. The van der Waals surface area contributed by atoms with E-state index in [1.165, 1.54) is 5.56 Å². The van der Waals surface area contributed by atoms with Crippen molar-refractivity contribution in [3.8, 4) is 0 Å². The fourth-order valence-corrected chi connectivity index (χ4v) is 2.23.